The molecular weight excluding hydrogens is 312 g/mol. The van der Waals surface area contributed by atoms with Crippen molar-refractivity contribution in [3.05, 3.63) is 84.1 Å². The second-order valence-corrected chi connectivity index (χ2v) is 5.99. The number of ketones is 1. The van der Waals surface area contributed by atoms with Gasteiger partial charge in [-0.1, -0.05) is 49.6 Å². The van der Waals surface area contributed by atoms with Crippen LogP contribution in [-0.4, -0.2) is 10.8 Å². The van der Waals surface area contributed by atoms with Gasteiger partial charge in [0.25, 0.3) is 5.89 Å². The highest BCUT2D eigenvalue weighted by Gasteiger charge is 2.28. The van der Waals surface area contributed by atoms with E-state index in [1.807, 2.05) is 24.3 Å². The van der Waals surface area contributed by atoms with E-state index in [4.69, 9.17) is 9.68 Å². The van der Waals surface area contributed by atoms with Gasteiger partial charge in [-0.15, -0.1) is 0 Å². The molecule has 1 aromatic carbocycles. The van der Waals surface area contributed by atoms with Crippen molar-refractivity contribution in [1.29, 1.82) is 5.26 Å². The van der Waals surface area contributed by atoms with Gasteiger partial charge in [0.15, 0.2) is 0 Å². The number of allylic oxidation sites excluding steroid dienone is 4. The highest BCUT2D eigenvalue weighted by molar-refractivity contribution is 5.94. The van der Waals surface area contributed by atoms with Crippen LogP contribution in [0.1, 0.15) is 39.6 Å². The number of Topliss-reactive ketones (excluding diaryl/α,β-unsaturated/α-hetero) is 1. The molecule has 0 spiro atoms. The summed E-state index contributed by atoms with van der Waals surface area (Å²) >= 11 is 0. The number of aryl methyl sites for hydroxylation is 1. The van der Waals surface area contributed by atoms with Gasteiger partial charge in [-0.2, -0.15) is 5.26 Å². The van der Waals surface area contributed by atoms with E-state index >= 15 is 0 Å². The summed E-state index contributed by atoms with van der Waals surface area (Å²) < 4.78 is 5.18. The van der Waals surface area contributed by atoms with Crippen LogP contribution in [0.4, 0.5) is 0 Å². The van der Waals surface area contributed by atoms with Crippen molar-refractivity contribution in [2.45, 2.75) is 19.3 Å². The van der Waals surface area contributed by atoms with E-state index in [0.717, 1.165) is 24.0 Å². The molecule has 0 radical (unpaired) electrons. The zero-order valence-corrected chi connectivity index (χ0v) is 13.9. The molecule has 0 bridgehead atoms. The molecule has 0 N–H and O–H groups in total. The van der Waals surface area contributed by atoms with Crippen LogP contribution in [0, 0.1) is 17.2 Å². The van der Waals surface area contributed by atoms with Crippen LogP contribution in [0.15, 0.2) is 60.2 Å². The molecule has 2 aromatic rings. The maximum Gasteiger partial charge on any atom is 0.264 e. The largest absolute Gasteiger partial charge is 0.423 e. The summed E-state index contributed by atoms with van der Waals surface area (Å²) in [6, 6.07) is 8.12. The summed E-state index contributed by atoms with van der Waals surface area (Å²) in [6.45, 7) is 7.58. The number of aromatic nitrogens is 1. The van der Waals surface area contributed by atoms with Crippen molar-refractivity contribution in [3.8, 4) is 6.07 Å². The maximum atomic E-state index is 12.5. The SMILES string of the molecule is C=C/C=C(\C=C)c1ccc2c(c1)CCC(C(=O)c1ncc(C#N)o1)C2. The second-order valence-electron chi connectivity index (χ2n) is 5.99. The Labute approximate surface area is 146 Å². The molecule has 1 heterocycles. The zero-order chi connectivity index (χ0) is 17.8. The van der Waals surface area contributed by atoms with E-state index in [-0.39, 0.29) is 23.4 Å². The first-order valence-corrected chi connectivity index (χ1v) is 8.13. The first kappa shape index (κ1) is 16.7. The van der Waals surface area contributed by atoms with Crippen LogP contribution in [0.3, 0.4) is 0 Å². The predicted octanol–water partition coefficient (Wildman–Crippen LogP) is 4.29. The van der Waals surface area contributed by atoms with Crippen molar-refractivity contribution in [3.63, 3.8) is 0 Å². The minimum atomic E-state index is -0.161. The Balaban J connectivity index is 1.81. The monoisotopic (exact) mass is 330 g/mol. The molecule has 0 aliphatic heterocycles. The molecule has 0 fully saturated rings. The maximum absolute atomic E-state index is 12.5. The van der Waals surface area contributed by atoms with Crippen LogP contribution in [-0.2, 0) is 12.8 Å². The number of carbonyl (C=O) groups is 1. The molecule has 1 atom stereocenters. The molecule has 1 aliphatic rings. The molecule has 1 aliphatic carbocycles. The molecule has 124 valence electrons. The van der Waals surface area contributed by atoms with Crippen molar-refractivity contribution in [2.24, 2.45) is 5.92 Å². The topological polar surface area (TPSA) is 66.9 Å². The smallest absolute Gasteiger partial charge is 0.264 e. The van der Waals surface area contributed by atoms with Gasteiger partial charge in [0.1, 0.15) is 6.07 Å². The molecule has 0 saturated heterocycles. The van der Waals surface area contributed by atoms with Crippen LogP contribution < -0.4 is 0 Å². The fourth-order valence-corrected chi connectivity index (χ4v) is 3.18. The van der Waals surface area contributed by atoms with Gasteiger partial charge in [-0.3, -0.25) is 4.79 Å². The summed E-state index contributed by atoms with van der Waals surface area (Å²) in [5, 5.41) is 8.79. The fraction of sp³-hybridized carbons (Fsp3) is 0.190. The molecule has 25 heavy (non-hydrogen) atoms. The lowest BCUT2D eigenvalue weighted by molar-refractivity contribution is 0.0872. The third-order valence-electron chi connectivity index (χ3n) is 4.48. The molecule has 4 heteroatoms. The van der Waals surface area contributed by atoms with E-state index in [0.29, 0.717) is 6.42 Å². The van der Waals surface area contributed by atoms with Gasteiger partial charge >= 0.3 is 0 Å². The second kappa shape index (κ2) is 7.14. The Morgan fingerprint density at radius 1 is 1.36 bits per heavy atom. The van der Waals surface area contributed by atoms with Crippen LogP contribution in [0.25, 0.3) is 5.57 Å². The average Bonchev–Trinajstić information content (AvgIpc) is 3.14. The number of benzene rings is 1. The number of fused-ring (bicyclic) bond motifs is 1. The number of oxazole rings is 1. The van der Waals surface area contributed by atoms with Crippen molar-refractivity contribution in [2.75, 3.05) is 0 Å². The number of hydrogen-bond acceptors (Lipinski definition) is 4. The molecule has 1 aromatic heterocycles. The van der Waals surface area contributed by atoms with Crippen LogP contribution >= 0.6 is 0 Å². The lowest BCUT2D eigenvalue weighted by atomic mass is 9.80. The van der Waals surface area contributed by atoms with E-state index in [1.165, 1.54) is 17.3 Å². The van der Waals surface area contributed by atoms with E-state index < -0.39 is 0 Å². The normalized spacial score (nSPS) is 16.6. The Kier molecular flexibility index (Phi) is 4.76. The Hall–Kier alpha value is -3.19. The molecule has 0 saturated carbocycles. The third-order valence-corrected chi connectivity index (χ3v) is 4.48. The third kappa shape index (κ3) is 3.36. The van der Waals surface area contributed by atoms with Gasteiger partial charge in [-0.25, -0.2) is 4.98 Å². The summed E-state index contributed by atoms with van der Waals surface area (Å²) in [5.41, 5.74) is 4.55. The van der Waals surface area contributed by atoms with Crippen molar-refractivity contribution < 1.29 is 9.21 Å². The Morgan fingerprint density at radius 2 is 2.20 bits per heavy atom. The van der Waals surface area contributed by atoms with Gasteiger partial charge < -0.3 is 4.42 Å². The number of carbonyl (C=O) groups excluding carboxylic acids is 1. The van der Waals surface area contributed by atoms with Gasteiger partial charge in [-0.05, 0) is 41.5 Å². The lowest BCUT2D eigenvalue weighted by Crippen LogP contribution is -2.23. The summed E-state index contributed by atoms with van der Waals surface area (Å²) in [7, 11) is 0. The minimum absolute atomic E-state index is 0.0319. The number of nitrogens with zero attached hydrogens (tertiary/aromatic N) is 2. The van der Waals surface area contributed by atoms with Crippen LogP contribution in [0.5, 0.6) is 0 Å². The van der Waals surface area contributed by atoms with Crippen molar-refractivity contribution in [1.82, 2.24) is 4.98 Å². The number of nitriles is 1. The first-order valence-electron chi connectivity index (χ1n) is 8.13. The first-order chi connectivity index (χ1) is 12.2. The van der Waals surface area contributed by atoms with Gasteiger partial charge in [0.2, 0.25) is 11.5 Å². The molecule has 3 rings (SSSR count). The van der Waals surface area contributed by atoms with Gasteiger partial charge in [0, 0.05) is 5.92 Å². The average molecular weight is 330 g/mol. The molecular formula is C21H18N2O2. The van der Waals surface area contributed by atoms with E-state index in [9.17, 15) is 4.79 Å². The fourth-order valence-electron chi connectivity index (χ4n) is 3.18. The minimum Gasteiger partial charge on any atom is -0.423 e. The predicted molar refractivity (Wildman–Crippen MR) is 95.9 cm³/mol. The summed E-state index contributed by atoms with van der Waals surface area (Å²) in [5.74, 6) is -0.194. The quantitative estimate of drug-likeness (QED) is 0.606. The van der Waals surface area contributed by atoms with Gasteiger partial charge in [0.05, 0.1) is 6.20 Å². The number of hydrogen-bond donors (Lipinski definition) is 0. The van der Waals surface area contributed by atoms with E-state index in [1.54, 1.807) is 6.08 Å². The highest BCUT2D eigenvalue weighted by atomic mass is 16.4. The Bertz CT molecular complexity index is 912. The molecule has 1 unspecified atom stereocenters. The summed E-state index contributed by atoms with van der Waals surface area (Å²) in [4.78, 5) is 16.5. The standard InChI is InChI=1S/C21H18N2O2/c1-3-5-14(4-2)15-6-7-17-11-18(9-8-16(17)10-15)20(24)21-23-13-19(12-22)25-21/h3-7,10,13,18H,1-2,8-9,11H2/b14-5+. The lowest BCUT2D eigenvalue weighted by Gasteiger charge is -2.23. The van der Waals surface area contributed by atoms with Crippen LogP contribution in [0.2, 0.25) is 0 Å². The zero-order valence-electron chi connectivity index (χ0n) is 13.9. The van der Waals surface area contributed by atoms with E-state index in [2.05, 4.69) is 30.3 Å². The summed E-state index contributed by atoms with van der Waals surface area (Å²) in [6.07, 6.45) is 9.01. The van der Waals surface area contributed by atoms with Crippen molar-refractivity contribution >= 4 is 11.4 Å². The highest BCUT2D eigenvalue weighted by Crippen LogP contribution is 2.30. The molecule has 0 amide bonds. The Morgan fingerprint density at radius 3 is 2.88 bits per heavy atom. The molecule has 4 nitrogen and oxygen atoms in total. The number of rotatable bonds is 5.